The van der Waals surface area contributed by atoms with Crippen LogP contribution in [0.1, 0.15) is 38.5 Å². The Morgan fingerprint density at radius 3 is 2.79 bits per heavy atom. The van der Waals surface area contributed by atoms with E-state index in [1.807, 2.05) is 6.07 Å². The van der Waals surface area contributed by atoms with Gasteiger partial charge in [-0.2, -0.15) is 14.3 Å². The highest BCUT2D eigenvalue weighted by atomic mass is 35.5. The van der Waals surface area contributed by atoms with Gasteiger partial charge in [0.2, 0.25) is 0 Å². The van der Waals surface area contributed by atoms with Crippen molar-refractivity contribution in [1.82, 2.24) is 29.5 Å². The average molecular weight is 625 g/mol. The van der Waals surface area contributed by atoms with Gasteiger partial charge in [-0.1, -0.05) is 11.6 Å². The summed E-state index contributed by atoms with van der Waals surface area (Å²) in [6.07, 6.45) is 6.50. The van der Waals surface area contributed by atoms with Crippen LogP contribution in [0.2, 0.25) is 5.02 Å². The molecule has 4 aliphatic heterocycles. The molecule has 43 heavy (non-hydrogen) atoms. The van der Waals surface area contributed by atoms with E-state index >= 15 is 4.39 Å². The van der Waals surface area contributed by atoms with Crippen molar-refractivity contribution in [3.05, 3.63) is 29.0 Å². The standard InChI is InChI=1S/C30H34ClFN8O2S/c1-41-14-18-7-9-30(8-2-10-40(18)30)15-42-29-36-25-19(28(37-29)39-12-16-3-4-17(13-39)34-16)11-20(31)23(24(25)32)27-26-21(43-38-27)5-6-22(33)35-26/h5-6,11,16-18,34H,2-4,7-10,12-15H2,1H3,(H2,33,35)/t16?,17?,18-,30-/m1/s1. The summed E-state index contributed by atoms with van der Waals surface area (Å²) in [6, 6.07) is 6.61. The number of rotatable bonds is 7. The molecule has 2 unspecified atom stereocenters. The highest BCUT2D eigenvalue weighted by Crippen LogP contribution is 2.44. The topological polar surface area (TPSA) is 115 Å². The lowest BCUT2D eigenvalue weighted by Crippen LogP contribution is -2.51. The number of hydrogen-bond donors (Lipinski definition) is 2. The molecule has 4 aromatic rings. The summed E-state index contributed by atoms with van der Waals surface area (Å²) in [5.74, 6) is 0.424. The lowest BCUT2D eigenvalue weighted by Gasteiger charge is -2.35. The molecule has 8 rings (SSSR count). The van der Waals surface area contributed by atoms with E-state index in [4.69, 9.17) is 36.8 Å². The number of fused-ring (bicyclic) bond motifs is 5. The van der Waals surface area contributed by atoms with Crippen LogP contribution >= 0.6 is 23.1 Å². The number of hydrogen-bond acceptors (Lipinski definition) is 11. The maximum absolute atomic E-state index is 16.7. The Hall–Kier alpha value is -2.90. The zero-order valence-corrected chi connectivity index (χ0v) is 25.6. The van der Waals surface area contributed by atoms with Gasteiger partial charge in [0.05, 0.1) is 27.4 Å². The van der Waals surface area contributed by atoms with Crippen molar-refractivity contribution < 1.29 is 13.9 Å². The number of nitrogens with zero attached hydrogens (tertiary/aromatic N) is 6. The molecule has 4 fully saturated rings. The minimum Gasteiger partial charge on any atom is -0.461 e. The summed E-state index contributed by atoms with van der Waals surface area (Å²) in [5, 5.41) is 4.46. The van der Waals surface area contributed by atoms with Crippen LogP contribution in [-0.2, 0) is 4.74 Å². The second-order valence-corrected chi connectivity index (χ2v) is 13.6. The molecular formula is C30H34ClFN8O2S. The fourth-order valence-corrected chi connectivity index (χ4v) is 8.85. The lowest BCUT2D eigenvalue weighted by atomic mass is 9.95. The number of nitrogens with one attached hydrogen (secondary N) is 1. The molecule has 10 nitrogen and oxygen atoms in total. The van der Waals surface area contributed by atoms with E-state index in [1.165, 1.54) is 11.5 Å². The summed E-state index contributed by atoms with van der Waals surface area (Å²) in [7, 11) is 1.76. The van der Waals surface area contributed by atoms with Gasteiger partial charge in [0, 0.05) is 43.7 Å². The predicted molar refractivity (Wildman–Crippen MR) is 167 cm³/mol. The number of anilines is 2. The molecule has 4 aliphatic rings. The van der Waals surface area contributed by atoms with Crippen LogP contribution in [0.3, 0.4) is 0 Å². The van der Waals surface area contributed by atoms with Gasteiger partial charge >= 0.3 is 6.01 Å². The van der Waals surface area contributed by atoms with Crippen molar-refractivity contribution in [2.75, 3.05) is 50.6 Å². The Morgan fingerprint density at radius 2 is 1.98 bits per heavy atom. The number of aromatic nitrogens is 4. The Balaban J connectivity index is 1.22. The molecule has 3 aromatic heterocycles. The second-order valence-electron chi connectivity index (χ2n) is 12.4. The number of benzene rings is 1. The maximum Gasteiger partial charge on any atom is 0.319 e. The molecular weight excluding hydrogens is 591 g/mol. The normalized spacial score (nSPS) is 27.0. The van der Waals surface area contributed by atoms with Crippen LogP contribution in [0.5, 0.6) is 6.01 Å². The van der Waals surface area contributed by atoms with Gasteiger partial charge in [-0.15, -0.1) is 0 Å². The van der Waals surface area contributed by atoms with E-state index in [1.54, 1.807) is 19.2 Å². The quantitative estimate of drug-likeness (QED) is 0.301. The zero-order valence-electron chi connectivity index (χ0n) is 24.0. The third-order valence-electron chi connectivity index (χ3n) is 9.80. The van der Waals surface area contributed by atoms with E-state index < -0.39 is 5.82 Å². The van der Waals surface area contributed by atoms with Crippen LogP contribution in [0.15, 0.2) is 18.2 Å². The smallest absolute Gasteiger partial charge is 0.319 e. The first-order chi connectivity index (χ1) is 20.9. The Bertz CT molecular complexity index is 1710. The SMILES string of the molecule is COC[C@H]1CC[C@@]2(COc3nc(N4CC5CCC(C4)N5)c4cc(Cl)c(-c5nsc6ccc(N)nc56)c(F)c4n3)CCCN12. The molecule has 0 saturated carbocycles. The van der Waals surface area contributed by atoms with E-state index in [2.05, 4.69) is 24.5 Å². The van der Waals surface area contributed by atoms with Crippen LogP contribution in [-0.4, -0.2) is 87.8 Å². The molecule has 0 amide bonds. The van der Waals surface area contributed by atoms with Crippen molar-refractivity contribution in [3.8, 4) is 17.3 Å². The first-order valence-corrected chi connectivity index (χ1v) is 16.2. The first kappa shape index (κ1) is 27.6. The number of ether oxygens (including phenoxy) is 2. The van der Waals surface area contributed by atoms with Crippen molar-refractivity contribution >= 4 is 55.9 Å². The van der Waals surface area contributed by atoms with Crippen LogP contribution in [0.25, 0.3) is 32.4 Å². The average Bonchev–Trinajstić information content (AvgIpc) is 3.76. The first-order valence-electron chi connectivity index (χ1n) is 15.0. The predicted octanol–water partition coefficient (Wildman–Crippen LogP) is 4.64. The molecule has 0 spiro atoms. The third kappa shape index (κ3) is 4.61. The number of piperazine rings is 1. The minimum absolute atomic E-state index is 0.0787. The van der Waals surface area contributed by atoms with Crippen LogP contribution in [0, 0.1) is 5.82 Å². The second kappa shape index (κ2) is 10.6. The van der Waals surface area contributed by atoms with Crippen LogP contribution < -0.4 is 20.7 Å². The van der Waals surface area contributed by atoms with E-state index in [0.29, 0.717) is 59.6 Å². The van der Waals surface area contributed by atoms with Gasteiger partial charge < -0.3 is 25.4 Å². The summed E-state index contributed by atoms with van der Waals surface area (Å²) < 4.78 is 34.0. The van der Waals surface area contributed by atoms with Crippen molar-refractivity contribution in [1.29, 1.82) is 0 Å². The number of methoxy groups -OCH3 is 1. The minimum atomic E-state index is -0.563. The molecule has 1 aromatic carbocycles. The molecule has 4 atom stereocenters. The van der Waals surface area contributed by atoms with Crippen molar-refractivity contribution in [2.24, 2.45) is 0 Å². The van der Waals surface area contributed by atoms with Crippen molar-refractivity contribution in [2.45, 2.75) is 62.2 Å². The Labute approximate surface area is 257 Å². The third-order valence-corrected chi connectivity index (χ3v) is 10.9. The van der Waals surface area contributed by atoms with Gasteiger partial charge in [0.1, 0.15) is 35.0 Å². The number of halogens is 2. The van der Waals surface area contributed by atoms with Crippen molar-refractivity contribution in [3.63, 3.8) is 0 Å². The summed E-state index contributed by atoms with van der Waals surface area (Å²) in [6.45, 7) is 3.75. The molecule has 2 bridgehead atoms. The molecule has 0 radical (unpaired) electrons. The zero-order chi connectivity index (χ0) is 29.3. The van der Waals surface area contributed by atoms with E-state index in [9.17, 15) is 0 Å². The highest BCUT2D eigenvalue weighted by molar-refractivity contribution is 7.13. The molecule has 4 saturated heterocycles. The molecule has 7 heterocycles. The molecule has 226 valence electrons. The fraction of sp³-hybridized carbons (Fsp3) is 0.533. The highest BCUT2D eigenvalue weighted by Gasteiger charge is 2.49. The van der Waals surface area contributed by atoms with E-state index in [-0.39, 0.29) is 27.7 Å². The molecule has 13 heteroatoms. The van der Waals surface area contributed by atoms with Gasteiger partial charge in [-0.25, -0.2) is 9.37 Å². The Morgan fingerprint density at radius 1 is 1.14 bits per heavy atom. The molecule has 3 N–H and O–H groups in total. The van der Waals surface area contributed by atoms with Crippen LogP contribution in [0.4, 0.5) is 16.0 Å². The number of nitrogens with two attached hydrogens (primary N) is 1. The Kier molecular flexibility index (Phi) is 6.83. The summed E-state index contributed by atoms with van der Waals surface area (Å²) in [4.78, 5) is 18.9. The van der Waals surface area contributed by atoms with E-state index in [0.717, 1.165) is 62.9 Å². The molecule has 0 aliphatic carbocycles. The van der Waals surface area contributed by atoms with Gasteiger partial charge in [0.15, 0.2) is 5.82 Å². The number of nitrogen functional groups attached to an aromatic ring is 1. The van der Waals surface area contributed by atoms with Gasteiger partial charge in [-0.05, 0) is 74.8 Å². The van der Waals surface area contributed by atoms with Gasteiger partial charge in [-0.3, -0.25) is 4.90 Å². The number of pyridine rings is 1. The van der Waals surface area contributed by atoms with Gasteiger partial charge in [0.25, 0.3) is 0 Å². The monoisotopic (exact) mass is 624 g/mol. The summed E-state index contributed by atoms with van der Waals surface area (Å²) >= 11 is 8.07. The lowest BCUT2D eigenvalue weighted by molar-refractivity contribution is 0.0521. The summed E-state index contributed by atoms with van der Waals surface area (Å²) in [5.41, 5.74) is 7.09. The largest absolute Gasteiger partial charge is 0.461 e. The maximum atomic E-state index is 16.7. The fourth-order valence-electron chi connectivity index (χ4n) is 7.84.